The molecule has 438 valence electrons. The van der Waals surface area contributed by atoms with E-state index in [1.165, 1.54) is 231 Å². The third kappa shape index (κ3) is 62.1. The van der Waals surface area contributed by atoms with Crippen molar-refractivity contribution in [3.05, 3.63) is 48.6 Å². The second-order valence-electron chi connectivity index (χ2n) is 22.4. The molecule has 0 bridgehead atoms. The topological polar surface area (TPSA) is 78.9 Å². The summed E-state index contributed by atoms with van der Waals surface area (Å²) in [4.78, 5) is 38.2. The lowest BCUT2D eigenvalue weighted by Gasteiger charge is -2.18. The molecule has 0 aromatic rings. The van der Waals surface area contributed by atoms with E-state index in [0.717, 1.165) is 83.5 Å². The molecule has 6 heteroatoms. The number of carbonyl (C=O) groups excluding carboxylic acids is 3. The van der Waals surface area contributed by atoms with Gasteiger partial charge in [0.05, 0.1) is 0 Å². The van der Waals surface area contributed by atoms with E-state index in [2.05, 4.69) is 69.4 Å². The Morgan fingerprint density at radius 3 is 0.813 bits per heavy atom. The monoisotopic (exact) mass is 1050 g/mol. The van der Waals surface area contributed by atoms with Gasteiger partial charge in [-0.2, -0.15) is 0 Å². The summed E-state index contributed by atoms with van der Waals surface area (Å²) >= 11 is 0. The molecule has 0 aliphatic heterocycles. The van der Waals surface area contributed by atoms with Gasteiger partial charge in [0, 0.05) is 19.3 Å². The Morgan fingerprint density at radius 2 is 0.520 bits per heavy atom. The van der Waals surface area contributed by atoms with Crippen LogP contribution in [0.15, 0.2) is 48.6 Å². The standard InChI is InChI=1S/C69H126O6/c1-4-7-10-13-16-19-21-23-25-27-29-31-33-34-35-37-38-40-42-44-46-48-50-53-56-59-62-68(71)74-65-66(64-73-67(70)61-58-55-52-18-15-12-9-6-3)75-69(72)63-60-57-54-51-49-47-45-43-41-39-36-32-30-28-26-24-22-20-17-14-11-8-5-2/h8,11,17,20,24,26,30,32,66H,4-7,9-10,12-16,18-19,21-23,25,27-29,31,33-65H2,1-3H3/b11-8-,20-17-,26-24-,32-30-. The highest BCUT2D eigenvalue weighted by Crippen LogP contribution is 2.18. The van der Waals surface area contributed by atoms with Gasteiger partial charge in [0.2, 0.25) is 0 Å². The fourth-order valence-electron chi connectivity index (χ4n) is 9.91. The van der Waals surface area contributed by atoms with Crippen LogP contribution < -0.4 is 0 Å². The predicted molar refractivity (Wildman–Crippen MR) is 325 cm³/mol. The van der Waals surface area contributed by atoms with E-state index in [9.17, 15) is 14.4 Å². The molecule has 0 N–H and O–H groups in total. The number of allylic oxidation sites excluding steroid dienone is 8. The summed E-state index contributed by atoms with van der Waals surface area (Å²) in [7, 11) is 0. The molecule has 0 saturated carbocycles. The number of rotatable bonds is 61. The normalized spacial score (nSPS) is 12.3. The first-order valence-electron chi connectivity index (χ1n) is 33.1. The zero-order valence-corrected chi connectivity index (χ0v) is 50.3. The molecule has 0 aliphatic carbocycles. The third-order valence-corrected chi connectivity index (χ3v) is 14.8. The van der Waals surface area contributed by atoms with Gasteiger partial charge < -0.3 is 14.2 Å². The average molecular weight is 1050 g/mol. The number of ether oxygens (including phenoxy) is 3. The van der Waals surface area contributed by atoms with Crippen LogP contribution in [-0.2, 0) is 28.6 Å². The number of carbonyl (C=O) groups is 3. The van der Waals surface area contributed by atoms with Gasteiger partial charge in [-0.05, 0) is 57.8 Å². The number of hydrogen-bond acceptors (Lipinski definition) is 6. The summed E-state index contributed by atoms with van der Waals surface area (Å²) in [6.45, 7) is 6.55. The molecule has 0 rings (SSSR count). The highest BCUT2D eigenvalue weighted by molar-refractivity contribution is 5.71. The fraction of sp³-hybridized carbons (Fsp3) is 0.841. The number of esters is 3. The van der Waals surface area contributed by atoms with Gasteiger partial charge >= 0.3 is 17.9 Å². The summed E-state index contributed by atoms with van der Waals surface area (Å²) in [5, 5.41) is 0. The van der Waals surface area contributed by atoms with Crippen LogP contribution in [0.1, 0.15) is 355 Å². The van der Waals surface area contributed by atoms with Crippen molar-refractivity contribution in [3.63, 3.8) is 0 Å². The van der Waals surface area contributed by atoms with Gasteiger partial charge in [0.15, 0.2) is 6.10 Å². The van der Waals surface area contributed by atoms with Gasteiger partial charge in [-0.1, -0.05) is 326 Å². The molecule has 0 heterocycles. The van der Waals surface area contributed by atoms with Crippen LogP contribution in [0.4, 0.5) is 0 Å². The first kappa shape index (κ1) is 72.4. The first-order chi connectivity index (χ1) is 37.0. The molecule has 1 atom stereocenters. The predicted octanol–water partition coefficient (Wildman–Crippen LogP) is 22.6. The fourth-order valence-corrected chi connectivity index (χ4v) is 9.91. The summed E-state index contributed by atoms with van der Waals surface area (Å²) in [5.74, 6) is -0.857. The molecular formula is C69H126O6. The number of unbranched alkanes of at least 4 members (excludes halogenated alkanes) is 42. The lowest BCUT2D eigenvalue weighted by Crippen LogP contribution is -2.30. The summed E-state index contributed by atoms with van der Waals surface area (Å²) in [5.41, 5.74) is 0. The van der Waals surface area contributed by atoms with E-state index in [1.807, 2.05) is 0 Å². The van der Waals surface area contributed by atoms with Crippen molar-refractivity contribution in [1.29, 1.82) is 0 Å². The van der Waals surface area contributed by atoms with Gasteiger partial charge in [0.1, 0.15) is 13.2 Å². The quantitative estimate of drug-likeness (QED) is 0.0261. The largest absolute Gasteiger partial charge is 0.462 e. The minimum atomic E-state index is -0.771. The van der Waals surface area contributed by atoms with Gasteiger partial charge in [0.25, 0.3) is 0 Å². The van der Waals surface area contributed by atoms with E-state index >= 15 is 0 Å². The zero-order valence-electron chi connectivity index (χ0n) is 50.3. The molecule has 0 aliphatic rings. The van der Waals surface area contributed by atoms with E-state index in [-0.39, 0.29) is 31.1 Å². The molecule has 0 spiro atoms. The van der Waals surface area contributed by atoms with E-state index in [0.29, 0.717) is 19.3 Å². The summed E-state index contributed by atoms with van der Waals surface area (Å²) in [6, 6.07) is 0. The van der Waals surface area contributed by atoms with Crippen LogP contribution in [0, 0.1) is 0 Å². The second kappa shape index (κ2) is 63.9. The Kier molecular flexibility index (Phi) is 61.7. The first-order valence-corrected chi connectivity index (χ1v) is 33.1. The van der Waals surface area contributed by atoms with Crippen molar-refractivity contribution >= 4 is 17.9 Å². The molecule has 0 aromatic heterocycles. The van der Waals surface area contributed by atoms with Crippen LogP contribution in [0.5, 0.6) is 0 Å². The van der Waals surface area contributed by atoms with Crippen LogP contribution >= 0.6 is 0 Å². The van der Waals surface area contributed by atoms with Gasteiger partial charge in [-0.15, -0.1) is 0 Å². The van der Waals surface area contributed by atoms with Gasteiger partial charge in [-0.25, -0.2) is 0 Å². The van der Waals surface area contributed by atoms with Crippen molar-refractivity contribution < 1.29 is 28.6 Å². The molecule has 0 amide bonds. The Labute approximate surface area is 467 Å². The van der Waals surface area contributed by atoms with E-state index in [4.69, 9.17) is 14.2 Å². The zero-order chi connectivity index (χ0) is 54.3. The lowest BCUT2D eigenvalue weighted by atomic mass is 10.0. The van der Waals surface area contributed by atoms with Crippen molar-refractivity contribution in [3.8, 4) is 0 Å². The molecule has 0 fully saturated rings. The smallest absolute Gasteiger partial charge is 0.306 e. The molecule has 0 aromatic carbocycles. The highest BCUT2D eigenvalue weighted by Gasteiger charge is 2.19. The maximum absolute atomic E-state index is 12.9. The molecule has 75 heavy (non-hydrogen) atoms. The molecular weight excluding hydrogens is 925 g/mol. The number of hydrogen-bond donors (Lipinski definition) is 0. The van der Waals surface area contributed by atoms with Crippen LogP contribution in [0.3, 0.4) is 0 Å². The van der Waals surface area contributed by atoms with E-state index in [1.54, 1.807) is 0 Å². The Balaban J connectivity index is 4.11. The Morgan fingerprint density at radius 1 is 0.280 bits per heavy atom. The highest BCUT2D eigenvalue weighted by atomic mass is 16.6. The van der Waals surface area contributed by atoms with Crippen LogP contribution in [0.25, 0.3) is 0 Å². The Hall–Kier alpha value is -2.63. The molecule has 1 unspecified atom stereocenters. The molecule has 6 nitrogen and oxygen atoms in total. The summed E-state index contributed by atoms with van der Waals surface area (Å²) in [6.07, 6.45) is 80.1. The average Bonchev–Trinajstić information content (AvgIpc) is 3.41. The van der Waals surface area contributed by atoms with E-state index < -0.39 is 6.10 Å². The van der Waals surface area contributed by atoms with Crippen molar-refractivity contribution in [2.24, 2.45) is 0 Å². The maximum Gasteiger partial charge on any atom is 0.306 e. The maximum atomic E-state index is 12.9. The van der Waals surface area contributed by atoms with Crippen LogP contribution in [0.2, 0.25) is 0 Å². The SMILES string of the molecule is CC/C=C\C/C=C\C/C=C\C/C=C\CCCCCCCCCCCCC(=O)OC(COC(=O)CCCCCCCCCC)COC(=O)CCCCCCCCCCCCCCCCCCCCCCCCCCCC. The van der Waals surface area contributed by atoms with Crippen LogP contribution in [-0.4, -0.2) is 37.2 Å². The van der Waals surface area contributed by atoms with Crippen molar-refractivity contribution in [1.82, 2.24) is 0 Å². The second-order valence-corrected chi connectivity index (χ2v) is 22.4. The van der Waals surface area contributed by atoms with Crippen molar-refractivity contribution in [2.75, 3.05) is 13.2 Å². The minimum Gasteiger partial charge on any atom is -0.462 e. The molecule has 0 radical (unpaired) electrons. The lowest BCUT2D eigenvalue weighted by molar-refractivity contribution is -0.167. The third-order valence-electron chi connectivity index (χ3n) is 14.8. The van der Waals surface area contributed by atoms with Gasteiger partial charge in [-0.3, -0.25) is 14.4 Å². The van der Waals surface area contributed by atoms with Crippen molar-refractivity contribution in [2.45, 2.75) is 361 Å². The minimum absolute atomic E-state index is 0.0699. The summed E-state index contributed by atoms with van der Waals surface area (Å²) < 4.78 is 16.9. The molecule has 0 saturated heterocycles. The Bertz CT molecular complexity index is 1300.